The Hall–Kier alpha value is -2.85. The van der Waals surface area contributed by atoms with Crippen LogP contribution in [0, 0.1) is 12.8 Å². The van der Waals surface area contributed by atoms with Crippen LogP contribution in [-0.2, 0) is 16.4 Å². The van der Waals surface area contributed by atoms with Crippen LogP contribution in [0.15, 0.2) is 29.4 Å². The number of thiazole rings is 1. The highest BCUT2D eigenvalue weighted by atomic mass is 32.2. The predicted molar refractivity (Wildman–Crippen MR) is 123 cm³/mol. The van der Waals surface area contributed by atoms with E-state index in [1.54, 1.807) is 11.1 Å². The number of aromatic nitrogens is 3. The van der Waals surface area contributed by atoms with Gasteiger partial charge in [-0.3, -0.25) is 4.79 Å². The molecule has 2 aliphatic rings. The van der Waals surface area contributed by atoms with Crippen LogP contribution < -0.4 is 5.73 Å². The Balaban J connectivity index is 1.63. The third kappa shape index (κ3) is 3.57. The summed E-state index contributed by atoms with van der Waals surface area (Å²) in [4.78, 5) is 29.0. The summed E-state index contributed by atoms with van der Waals surface area (Å²) < 4.78 is 25.3. The monoisotopic (exact) mass is 469 g/mol. The molecule has 32 heavy (non-hydrogen) atoms. The van der Waals surface area contributed by atoms with Crippen molar-refractivity contribution in [3.05, 3.63) is 40.7 Å². The van der Waals surface area contributed by atoms with E-state index in [-0.39, 0.29) is 28.2 Å². The van der Waals surface area contributed by atoms with Crippen LogP contribution in [0.25, 0.3) is 21.8 Å². The number of carbonyl (C=O) groups is 1. The number of hydrogen-bond acceptors (Lipinski definition) is 8. The van der Waals surface area contributed by atoms with E-state index in [2.05, 4.69) is 15.0 Å². The van der Waals surface area contributed by atoms with Crippen molar-refractivity contribution in [1.82, 2.24) is 19.9 Å². The van der Waals surface area contributed by atoms with Crippen molar-refractivity contribution in [2.75, 3.05) is 12.0 Å². The lowest BCUT2D eigenvalue weighted by atomic mass is 10.0. The van der Waals surface area contributed by atoms with Crippen molar-refractivity contribution < 1.29 is 13.2 Å². The Labute approximate surface area is 190 Å². The quantitative estimate of drug-likeness (QED) is 0.609. The molecule has 3 heterocycles. The highest BCUT2D eigenvalue weighted by molar-refractivity contribution is 7.90. The second kappa shape index (κ2) is 7.35. The maximum atomic E-state index is 13.2. The average Bonchev–Trinajstić information content (AvgIpc) is 3.42. The number of fused-ring (bicyclic) bond motifs is 1. The molecule has 1 aromatic carbocycles. The number of nitrogens with two attached hydrogens (primary N) is 1. The Morgan fingerprint density at radius 3 is 2.59 bits per heavy atom. The fourth-order valence-corrected chi connectivity index (χ4v) is 5.94. The predicted octanol–water partition coefficient (Wildman–Crippen LogP) is 3.32. The molecule has 0 bridgehead atoms. The molecule has 0 spiro atoms. The molecule has 2 aromatic heterocycles. The van der Waals surface area contributed by atoms with Crippen molar-refractivity contribution in [2.24, 2.45) is 5.92 Å². The zero-order valence-corrected chi connectivity index (χ0v) is 19.6. The molecule has 3 aromatic rings. The largest absolute Gasteiger partial charge is 0.382 e. The molecule has 0 radical (unpaired) electrons. The topological polar surface area (TPSA) is 119 Å². The molecule has 8 nitrogen and oxygen atoms in total. The van der Waals surface area contributed by atoms with Gasteiger partial charge in [-0.05, 0) is 50.3 Å². The number of sulfone groups is 1. The van der Waals surface area contributed by atoms with Gasteiger partial charge in [-0.25, -0.2) is 23.4 Å². The molecular formula is C22H23N5O3S2. The summed E-state index contributed by atoms with van der Waals surface area (Å²) in [5.41, 5.74) is 8.64. The Bertz CT molecular complexity index is 1360. The lowest BCUT2D eigenvalue weighted by Gasteiger charge is -2.24. The van der Waals surface area contributed by atoms with Gasteiger partial charge < -0.3 is 10.6 Å². The van der Waals surface area contributed by atoms with Gasteiger partial charge in [0.25, 0.3) is 5.91 Å². The summed E-state index contributed by atoms with van der Waals surface area (Å²) in [5.74, 6) is 0.555. The van der Waals surface area contributed by atoms with Gasteiger partial charge in [-0.15, -0.1) is 11.3 Å². The molecule has 1 fully saturated rings. The van der Waals surface area contributed by atoms with Crippen molar-refractivity contribution in [3.63, 3.8) is 0 Å². The molecule has 2 N–H and O–H groups in total. The van der Waals surface area contributed by atoms with Gasteiger partial charge in [0.05, 0.1) is 32.2 Å². The van der Waals surface area contributed by atoms with E-state index < -0.39 is 9.84 Å². The molecule has 0 unspecified atom stereocenters. The number of aryl methyl sites for hydroxylation is 1. The van der Waals surface area contributed by atoms with Crippen LogP contribution in [-0.4, -0.2) is 46.5 Å². The third-order valence-corrected chi connectivity index (χ3v) is 8.19. The van der Waals surface area contributed by atoms with E-state index in [1.807, 2.05) is 19.9 Å². The number of nitrogen functional groups attached to an aromatic ring is 1. The van der Waals surface area contributed by atoms with E-state index >= 15 is 0 Å². The highest BCUT2D eigenvalue weighted by Gasteiger charge is 2.40. The lowest BCUT2D eigenvalue weighted by molar-refractivity contribution is 0.0694. The van der Waals surface area contributed by atoms with Crippen LogP contribution in [0.2, 0.25) is 0 Å². The molecule has 10 heteroatoms. The summed E-state index contributed by atoms with van der Waals surface area (Å²) in [7, 11) is -3.64. The standard InChI is InChI=1S/C22H23N5O3S2/c1-11(13-4-5-13)27-10-15-6-14(7-18(32(3,29)30)19(15)22(27)28)16-8-25-21(23)20(26-16)17-9-24-12(2)31-17/h6-9,11,13H,4-5,10H2,1-3H3,(H2,23,25)/t11-/m0/s1. The van der Waals surface area contributed by atoms with Gasteiger partial charge in [-0.1, -0.05) is 0 Å². The van der Waals surface area contributed by atoms with E-state index in [1.165, 1.54) is 23.6 Å². The van der Waals surface area contributed by atoms with Gasteiger partial charge in [0.2, 0.25) is 0 Å². The number of hydrogen-bond donors (Lipinski definition) is 1. The zero-order chi connectivity index (χ0) is 22.8. The second-order valence-electron chi connectivity index (χ2n) is 8.52. The number of anilines is 1. The second-order valence-corrected chi connectivity index (χ2v) is 11.7. The molecular weight excluding hydrogens is 446 g/mol. The number of rotatable bonds is 5. The fourth-order valence-electron chi connectivity index (χ4n) is 4.23. The minimum Gasteiger partial charge on any atom is -0.382 e. The Morgan fingerprint density at radius 1 is 1.22 bits per heavy atom. The summed E-state index contributed by atoms with van der Waals surface area (Å²) in [6, 6.07) is 3.46. The number of amides is 1. The number of nitrogens with zero attached hydrogens (tertiary/aromatic N) is 4. The van der Waals surface area contributed by atoms with Crippen molar-refractivity contribution in [2.45, 2.75) is 44.2 Å². The minimum absolute atomic E-state index is 0.0364. The summed E-state index contributed by atoms with van der Waals surface area (Å²) in [5, 5.41) is 0.881. The third-order valence-electron chi connectivity index (χ3n) is 6.15. The normalized spacial score (nSPS) is 17.0. The summed E-state index contributed by atoms with van der Waals surface area (Å²) in [6.07, 6.45) is 6.57. The summed E-state index contributed by atoms with van der Waals surface area (Å²) >= 11 is 1.46. The molecule has 1 amide bonds. The SMILES string of the molecule is Cc1ncc(-c2nc(-c3cc4c(c(S(C)(=O)=O)c3)C(=O)N([C@@H](C)C3CC3)C4)cnc2N)s1. The van der Waals surface area contributed by atoms with E-state index in [0.717, 1.165) is 29.0 Å². The maximum absolute atomic E-state index is 13.2. The first-order valence-corrected chi connectivity index (χ1v) is 13.1. The van der Waals surface area contributed by atoms with Crippen molar-refractivity contribution in [3.8, 4) is 21.8 Å². The van der Waals surface area contributed by atoms with E-state index in [0.29, 0.717) is 35.0 Å². The Morgan fingerprint density at radius 2 is 1.97 bits per heavy atom. The first kappa shape index (κ1) is 21.0. The van der Waals surface area contributed by atoms with Crippen LogP contribution in [0.1, 0.15) is 40.7 Å². The average molecular weight is 470 g/mol. The van der Waals surface area contributed by atoms with Gasteiger partial charge in [0, 0.05) is 30.6 Å². The smallest absolute Gasteiger partial charge is 0.256 e. The minimum atomic E-state index is -3.64. The van der Waals surface area contributed by atoms with E-state index in [4.69, 9.17) is 5.73 Å². The van der Waals surface area contributed by atoms with Crippen molar-refractivity contribution >= 4 is 32.9 Å². The van der Waals surface area contributed by atoms with Gasteiger partial charge in [0.1, 0.15) is 5.69 Å². The first-order chi connectivity index (χ1) is 15.1. The highest BCUT2D eigenvalue weighted by Crippen LogP contribution is 2.41. The molecule has 1 saturated carbocycles. The van der Waals surface area contributed by atoms with Gasteiger partial charge in [0.15, 0.2) is 15.7 Å². The molecule has 1 aliphatic heterocycles. The van der Waals surface area contributed by atoms with Crippen LogP contribution >= 0.6 is 11.3 Å². The van der Waals surface area contributed by atoms with Crippen LogP contribution in [0.4, 0.5) is 5.82 Å². The number of benzene rings is 1. The van der Waals surface area contributed by atoms with E-state index in [9.17, 15) is 13.2 Å². The van der Waals surface area contributed by atoms with Gasteiger partial charge >= 0.3 is 0 Å². The lowest BCUT2D eigenvalue weighted by Crippen LogP contribution is -2.35. The Kier molecular flexibility index (Phi) is 4.82. The molecule has 1 atom stereocenters. The van der Waals surface area contributed by atoms with Crippen LogP contribution in [0.3, 0.4) is 0 Å². The molecule has 0 saturated heterocycles. The van der Waals surface area contributed by atoms with Crippen LogP contribution in [0.5, 0.6) is 0 Å². The maximum Gasteiger partial charge on any atom is 0.256 e. The number of carbonyl (C=O) groups excluding carboxylic acids is 1. The fraction of sp³-hybridized carbons (Fsp3) is 0.364. The zero-order valence-electron chi connectivity index (χ0n) is 18.0. The summed E-state index contributed by atoms with van der Waals surface area (Å²) in [6.45, 7) is 4.33. The first-order valence-electron chi connectivity index (χ1n) is 10.4. The molecule has 5 rings (SSSR count). The molecule has 1 aliphatic carbocycles. The van der Waals surface area contributed by atoms with Gasteiger partial charge in [-0.2, -0.15) is 0 Å². The van der Waals surface area contributed by atoms with Crippen molar-refractivity contribution in [1.29, 1.82) is 0 Å². The molecule has 166 valence electrons.